The average molecular weight is 364 g/mol. The van der Waals surface area contributed by atoms with Crippen LogP contribution in [0, 0.1) is 0 Å². The molecular weight excluding hydrogens is 348 g/mol. The molecule has 0 aromatic heterocycles. The van der Waals surface area contributed by atoms with Crippen molar-refractivity contribution in [2.24, 2.45) is 0 Å². The lowest BCUT2D eigenvalue weighted by Crippen LogP contribution is -2.12. The number of carboxylic acid groups (broad SMARTS) is 2. The summed E-state index contributed by atoms with van der Waals surface area (Å²) in [5, 5.41) is 30.2. The van der Waals surface area contributed by atoms with Crippen LogP contribution >= 0.6 is 0 Å². The van der Waals surface area contributed by atoms with Gasteiger partial charge in [0, 0.05) is 11.3 Å². The van der Waals surface area contributed by atoms with Crippen molar-refractivity contribution in [3.8, 4) is 5.75 Å². The summed E-state index contributed by atoms with van der Waals surface area (Å²) in [6, 6.07) is 13.9. The van der Waals surface area contributed by atoms with E-state index in [1.165, 1.54) is 18.2 Å². The van der Waals surface area contributed by atoms with Crippen molar-refractivity contribution in [1.29, 1.82) is 0 Å². The highest BCUT2D eigenvalue weighted by atomic mass is 16.4. The molecule has 27 heavy (non-hydrogen) atoms. The highest BCUT2D eigenvalue weighted by Gasteiger charge is 2.23. The summed E-state index contributed by atoms with van der Waals surface area (Å²) in [7, 11) is 0. The minimum absolute atomic E-state index is 0.0961. The number of carboxylic acids is 2. The number of phenolic OH excluding ortho intramolecular Hbond substituents is 1. The second-order valence-corrected chi connectivity index (χ2v) is 6.22. The molecule has 1 atom stereocenters. The number of hydrogen-bond donors (Lipinski definition) is 3. The van der Waals surface area contributed by atoms with Gasteiger partial charge in [-0.05, 0) is 35.2 Å². The molecule has 3 aromatic rings. The third-order valence-corrected chi connectivity index (χ3v) is 4.51. The summed E-state index contributed by atoms with van der Waals surface area (Å²) in [5.41, 5.74) is -0.0803. The number of rotatable bonds is 5. The van der Waals surface area contributed by atoms with E-state index in [0.29, 0.717) is 5.39 Å². The summed E-state index contributed by atoms with van der Waals surface area (Å²) in [4.78, 5) is 35.5. The van der Waals surface area contributed by atoms with Crippen LogP contribution in [0.1, 0.15) is 49.5 Å². The lowest BCUT2D eigenvalue weighted by molar-refractivity contribution is 0.0696. The van der Waals surface area contributed by atoms with E-state index in [9.17, 15) is 29.7 Å². The zero-order valence-electron chi connectivity index (χ0n) is 14.3. The molecule has 0 spiro atoms. The fourth-order valence-electron chi connectivity index (χ4n) is 2.99. The molecule has 3 aromatic carbocycles. The van der Waals surface area contributed by atoms with E-state index in [4.69, 9.17) is 0 Å². The predicted molar refractivity (Wildman–Crippen MR) is 98.7 cm³/mol. The number of ketones is 1. The minimum Gasteiger partial charge on any atom is -0.507 e. The zero-order chi connectivity index (χ0) is 19.7. The molecule has 0 amide bonds. The molecule has 0 saturated carbocycles. The molecule has 3 N–H and O–H groups in total. The third-order valence-electron chi connectivity index (χ3n) is 4.51. The maximum atomic E-state index is 12.9. The standard InChI is InChI=1S/C21H16O6/c1-11(13-8-14(20(24)25)10-15(9-13)21(26)27)18(22)17-7-6-12-4-2-3-5-16(12)19(17)23/h2-11,23H,1H3,(H,24,25)(H,26,27). The van der Waals surface area contributed by atoms with Crippen molar-refractivity contribution < 1.29 is 29.7 Å². The van der Waals surface area contributed by atoms with Crippen molar-refractivity contribution in [3.63, 3.8) is 0 Å². The van der Waals surface area contributed by atoms with Crippen LogP contribution in [-0.4, -0.2) is 33.0 Å². The van der Waals surface area contributed by atoms with Crippen molar-refractivity contribution in [1.82, 2.24) is 0 Å². The molecule has 0 heterocycles. The van der Waals surface area contributed by atoms with Gasteiger partial charge in [0.15, 0.2) is 5.78 Å². The molecule has 0 aliphatic heterocycles. The molecular formula is C21H16O6. The fourth-order valence-corrected chi connectivity index (χ4v) is 2.99. The molecule has 0 radical (unpaired) electrons. The first kappa shape index (κ1) is 18.1. The first-order chi connectivity index (χ1) is 12.8. The van der Waals surface area contributed by atoms with Gasteiger partial charge in [-0.25, -0.2) is 9.59 Å². The Morgan fingerprint density at radius 2 is 1.44 bits per heavy atom. The molecule has 0 aliphatic carbocycles. The average Bonchev–Trinajstić information content (AvgIpc) is 2.67. The Balaban J connectivity index is 2.07. The molecule has 6 heteroatoms. The van der Waals surface area contributed by atoms with E-state index in [1.807, 2.05) is 12.1 Å². The molecule has 0 aliphatic rings. The van der Waals surface area contributed by atoms with Gasteiger partial charge in [0.1, 0.15) is 5.75 Å². The SMILES string of the molecule is CC(C(=O)c1ccc2ccccc2c1O)c1cc(C(=O)O)cc(C(=O)O)c1. The van der Waals surface area contributed by atoms with Gasteiger partial charge in [-0.3, -0.25) is 4.79 Å². The predicted octanol–water partition coefficient (Wildman–Crippen LogP) is 3.93. The van der Waals surface area contributed by atoms with Crippen LogP contribution in [0.5, 0.6) is 5.75 Å². The molecule has 6 nitrogen and oxygen atoms in total. The van der Waals surface area contributed by atoms with Crippen molar-refractivity contribution in [2.45, 2.75) is 12.8 Å². The van der Waals surface area contributed by atoms with Crippen molar-refractivity contribution in [2.75, 3.05) is 0 Å². The van der Waals surface area contributed by atoms with Gasteiger partial charge >= 0.3 is 11.9 Å². The van der Waals surface area contributed by atoms with Crippen LogP contribution in [0.3, 0.4) is 0 Å². The Morgan fingerprint density at radius 3 is 2.04 bits per heavy atom. The second-order valence-electron chi connectivity index (χ2n) is 6.22. The third kappa shape index (κ3) is 3.37. The minimum atomic E-state index is -1.28. The van der Waals surface area contributed by atoms with Gasteiger partial charge in [-0.1, -0.05) is 37.3 Å². The van der Waals surface area contributed by atoms with Gasteiger partial charge < -0.3 is 15.3 Å². The lowest BCUT2D eigenvalue weighted by Gasteiger charge is -2.15. The smallest absolute Gasteiger partial charge is 0.335 e. The Morgan fingerprint density at radius 1 is 0.852 bits per heavy atom. The van der Waals surface area contributed by atoms with E-state index < -0.39 is 23.6 Å². The van der Waals surface area contributed by atoms with Gasteiger partial charge in [0.25, 0.3) is 0 Å². The molecule has 1 unspecified atom stereocenters. The largest absolute Gasteiger partial charge is 0.507 e. The quantitative estimate of drug-likeness (QED) is 0.592. The number of fused-ring (bicyclic) bond motifs is 1. The van der Waals surface area contributed by atoms with E-state index in [1.54, 1.807) is 25.1 Å². The highest BCUT2D eigenvalue weighted by Crippen LogP contribution is 2.32. The number of hydrogen-bond acceptors (Lipinski definition) is 4. The van der Waals surface area contributed by atoms with E-state index in [0.717, 1.165) is 11.5 Å². The van der Waals surface area contributed by atoms with Gasteiger partial charge in [-0.15, -0.1) is 0 Å². The molecule has 136 valence electrons. The first-order valence-electron chi connectivity index (χ1n) is 8.16. The molecule has 0 saturated heterocycles. The molecule has 3 rings (SSSR count). The summed E-state index contributed by atoms with van der Waals surface area (Å²) in [6.07, 6.45) is 0. The van der Waals surface area contributed by atoms with Gasteiger partial charge in [0.2, 0.25) is 0 Å². The first-order valence-corrected chi connectivity index (χ1v) is 8.16. The monoisotopic (exact) mass is 364 g/mol. The number of carbonyl (C=O) groups is 3. The highest BCUT2D eigenvalue weighted by molar-refractivity contribution is 6.08. The number of benzene rings is 3. The molecule has 0 fully saturated rings. The van der Waals surface area contributed by atoms with Gasteiger partial charge in [0.05, 0.1) is 16.7 Å². The maximum absolute atomic E-state index is 12.9. The Bertz CT molecular complexity index is 1050. The summed E-state index contributed by atoms with van der Waals surface area (Å²) in [5.74, 6) is -4.00. The van der Waals surface area contributed by atoms with Crippen molar-refractivity contribution in [3.05, 3.63) is 76.9 Å². The molecule has 0 bridgehead atoms. The van der Waals surface area contributed by atoms with E-state index >= 15 is 0 Å². The van der Waals surface area contributed by atoms with Gasteiger partial charge in [-0.2, -0.15) is 0 Å². The normalized spacial score (nSPS) is 11.9. The van der Waals surface area contributed by atoms with Crippen LogP contribution in [0.15, 0.2) is 54.6 Å². The Labute approximate surface area is 154 Å². The summed E-state index contributed by atoms with van der Waals surface area (Å²) < 4.78 is 0. The number of aromatic hydroxyl groups is 1. The van der Waals surface area contributed by atoms with Crippen LogP contribution in [0.25, 0.3) is 10.8 Å². The number of carbonyl (C=O) groups excluding carboxylic acids is 1. The van der Waals surface area contributed by atoms with E-state index in [2.05, 4.69) is 0 Å². The fraction of sp³-hybridized carbons (Fsp3) is 0.0952. The zero-order valence-corrected chi connectivity index (χ0v) is 14.3. The topological polar surface area (TPSA) is 112 Å². The second kappa shape index (κ2) is 6.92. The van der Waals surface area contributed by atoms with Crippen molar-refractivity contribution >= 4 is 28.5 Å². The lowest BCUT2D eigenvalue weighted by atomic mass is 9.89. The number of aromatic carboxylic acids is 2. The summed E-state index contributed by atoms with van der Waals surface area (Å²) >= 11 is 0. The van der Waals surface area contributed by atoms with E-state index in [-0.39, 0.29) is 28.0 Å². The van der Waals surface area contributed by atoms with Crippen LogP contribution < -0.4 is 0 Å². The van der Waals surface area contributed by atoms with Crippen LogP contribution in [-0.2, 0) is 0 Å². The maximum Gasteiger partial charge on any atom is 0.335 e. The van der Waals surface area contributed by atoms with Crippen LogP contribution in [0.2, 0.25) is 0 Å². The van der Waals surface area contributed by atoms with Crippen LogP contribution in [0.4, 0.5) is 0 Å². The number of Topliss-reactive ketones (excluding diaryl/α,β-unsaturated/α-hetero) is 1. The summed E-state index contributed by atoms with van der Waals surface area (Å²) in [6.45, 7) is 1.55. The number of phenols is 1. The Hall–Kier alpha value is -3.67. The Kier molecular flexibility index (Phi) is 4.64.